The van der Waals surface area contributed by atoms with E-state index < -0.39 is 11.8 Å². The number of carbonyl (C=O) groups is 1. The number of hydrogen-bond acceptors (Lipinski definition) is 3. The van der Waals surface area contributed by atoms with Gasteiger partial charge in [-0.15, -0.1) is 0 Å². The SMILES string of the molecule is COC(=O)c1cc(F)ccc1N(Cc1ccccc1)Cc1ccccc1. The highest BCUT2D eigenvalue weighted by molar-refractivity contribution is 5.95. The summed E-state index contributed by atoms with van der Waals surface area (Å²) in [7, 11) is 1.30. The van der Waals surface area contributed by atoms with Gasteiger partial charge in [-0.25, -0.2) is 9.18 Å². The predicted octanol–water partition coefficient (Wildman–Crippen LogP) is 4.82. The normalized spacial score (nSPS) is 10.4. The summed E-state index contributed by atoms with van der Waals surface area (Å²) in [6, 6.07) is 24.2. The Morgan fingerprint density at radius 1 is 0.885 bits per heavy atom. The zero-order valence-corrected chi connectivity index (χ0v) is 14.6. The highest BCUT2D eigenvalue weighted by atomic mass is 19.1. The lowest BCUT2D eigenvalue weighted by Gasteiger charge is -2.27. The van der Waals surface area contributed by atoms with Gasteiger partial charge < -0.3 is 9.64 Å². The van der Waals surface area contributed by atoms with Gasteiger partial charge in [0.15, 0.2) is 0 Å². The van der Waals surface area contributed by atoms with Crippen LogP contribution in [0.4, 0.5) is 10.1 Å². The van der Waals surface area contributed by atoms with E-state index in [2.05, 4.69) is 4.90 Å². The molecule has 0 radical (unpaired) electrons. The molecule has 0 amide bonds. The van der Waals surface area contributed by atoms with Crippen molar-refractivity contribution in [2.24, 2.45) is 0 Å². The molecule has 132 valence electrons. The first-order valence-electron chi connectivity index (χ1n) is 8.38. The molecule has 0 unspecified atom stereocenters. The summed E-state index contributed by atoms with van der Waals surface area (Å²) >= 11 is 0. The minimum absolute atomic E-state index is 0.222. The maximum Gasteiger partial charge on any atom is 0.340 e. The number of methoxy groups -OCH3 is 1. The van der Waals surface area contributed by atoms with E-state index in [-0.39, 0.29) is 5.56 Å². The van der Waals surface area contributed by atoms with Gasteiger partial charge in [0.05, 0.1) is 18.4 Å². The fraction of sp³-hybridized carbons (Fsp3) is 0.136. The molecule has 0 aliphatic rings. The van der Waals surface area contributed by atoms with Gasteiger partial charge in [-0.3, -0.25) is 0 Å². The number of nitrogens with zero attached hydrogens (tertiary/aromatic N) is 1. The monoisotopic (exact) mass is 349 g/mol. The largest absolute Gasteiger partial charge is 0.465 e. The van der Waals surface area contributed by atoms with Crippen LogP contribution in [-0.4, -0.2) is 13.1 Å². The quantitative estimate of drug-likeness (QED) is 0.598. The van der Waals surface area contributed by atoms with Crippen LogP contribution in [0.2, 0.25) is 0 Å². The highest BCUT2D eigenvalue weighted by Crippen LogP contribution is 2.26. The molecule has 3 aromatic carbocycles. The lowest BCUT2D eigenvalue weighted by atomic mass is 10.1. The zero-order chi connectivity index (χ0) is 18.4. The number of anilines is 1. The second-order valence-corrected chi connectivity index (χ2v) is 5.98. The minimum Gasteiger partial charge on any atom is -0.465 e. The third-order valence-electron chi connectivity index (χ3n) is 4.14. The maximum atomic E-state index is 13.7. The Morgan fingerprint density at radius 2 is 1.42 bits per heavy atom. The first-order valence-corrected chi connectivity index (χ1v) is 8.38. The van der Waals surface area contributed by atoms with E-state index in [0.29, 0.717) is 18.8 Å². The molecule has 3 rings (SSSR count). The summed E-state index contributed by atoms with van der Waals surface area (Å²) in [5.74, 6) is -1.01. The molecule has 0 saturated heterocycles. The van der Waals surface area contributed by atoms with Gasteiger partial charge in [0, 0.05) is 13.1 Å². The van der Waals surface area contributed by atoms with Crippen molar-refractivity contribution in [2.75, 3.05) is 12.0 Å². The Hall–Kier alpha value is -3.14. The van der Waals surface area contributed by atoms with Crippen LogP contribution >= 0.6 is 0 Å². The van der Waals surface area contributed by atoms with Crippen molar-refractivity contribution in [1.82, 2.24) is 0 Å². The Morgan fingerprint density at radius 3 is 1.92 bits per heavy atom. The first-order chi connectivity index (χ1) is 12.7. The molecule has 0 bridgehead atoms. The molecular weight excluding hydrogens is 329 g/mol. The van der Waals surface area contributed by atoms with Crippen LogP contribution in [0, 0.1) is 5.82 Å². The second-order valence-electron chi connectivity index (χ2n) is 5.98. The number of benzene rings is 3. The number of ether oxygens (including phenoxy) is 1. The van der Waals surface area contributed by atoms with Crippen molar-refractivity contribution in [2.45, 2.75) is 13.1 Å². The van der Waals surface area contributed by atoms with Gasteiger partial charge in [-0.1, -0.05) is 60.7 Å². The number of halogens is 1. The van der Waals surface area contributed by atoms with Gasteiger partial charge in [0.1, 0.15) is 5.82 Å². The van der Waals surface area contributed by atoms with E-state index in [0.717, 1.165) is 11.1 Å². The van der Waals surface area contributed by atoms with Gasteiger partial charge >= 0.3 is 5.97 Å². The lowest BCUT2D eigenvalue weighted by molar-refractivity contribution is 0.0601. The van der Waals surface area contributed by atoms with Crippen LogP contribution < -0.4 is 4.90 Å². The van der Waals surface area contributed by atoms with E-state index in [1.807, 2.05) is 60.7 Å². The number of esters is 1. The topological polar surface area (TPSA) is 29.5 Å². The van der Waals surface area contributed by atoms with Crippen LogP contribution in [0.25, 0.3) is 0 Å². The molecule has 0 aliphatic heterocycles. The van der Waals surface area contributed by atoms with E-state index in [1.54, 1.807) is 6.07 Å². The number of hydrogen-bond donors (Lipinski definition) is 0. The predicted molar refractivity (Wildman–Crippen MR) is 101 cm³/mol. The Kier molecular flexibility index (Phi) is 5.64. The summed E-state index contributed by atoms with van der Waals surface area (Å²) in [5.41, 5.74) is 3.07. The molecule has 0 aromatic heterocycles. The second kappa shape index (κ2) is 8.30. The Labute approximate surface area is 152 Å². The summed E-state index contributed by atoms with van der Waals surface area (Å²) in [5, 5.41) is 0. The molecule has 26 heavy (non-hydrogen) atoms. The molecule has 3 aromatic rings. The molecule has 0 atom stereocenters. The van der Waals surface area contributed by atoms with Gasteiger partial charge in [0.2, 0.25) is 0 Å². The fourth-order valence-electron chi connectivity index (χ4n) is 2.89. The van der Waals surface area contributed by atoms with Crippen molar-refractivity contribution in [3.63, 3.8) is 0 Å². The summed E-state index contributed by atoms with van der Waals surface area (Å²) in [6.45, 7) is 1.18. The van der Waals surface area contributed by atoms with Crippen LogP contribution in [0.3, 0.4) is 0 Å². The number of carbonyl (C=O) groups excluding carboxylic acids is 1. The molecule has 3 nitrogen and oxygen atoms in total. The van der Waals surface area contributed by atoms with Crippen molar-refractivity contribution >= 4 is 11.7 Å². The average Bonchev–Trinajstić information content (AvgIpc) is 2.68. The fourth-order valence-corrected chi connectivity index (χ4v) is 2.89. The third kappa shape index (κ3) is 4.28. The van der Waals surface area contributed by atoms with Gasteiger partial charge in [-0.05, 0) is 29.3 Å². The molecule has 0 fully saturated rings. The minimum atomic E-state index is -0.550. The van der Waals surface area contributed by atoms with Crippen LogP contribution in [0.5, 0.6) is 0 Å². The average molecular weight is 349 g/mol. The van der Waals surface area contributed by atoms with E-state index in [9.17, 15) is 9.18 Å². The highest BCUT2D eigenvalue weighted by Gasteiger charge is 2.19. The van der Waals surface area contributed by atoms with Crippen molar-refractivity contribution < 1.29 is 13.9 Å². The summed E-state index contributed by atoms with van der Waals surface area (Å²) in [4.78, 5) is 14.2. The van der Waals surface area contributed by atoms with E-state index in [1.165, 1.54) is 19.2 Å². The van der Waals surface area contributed by atoms with Gasteiger partial charge in [0.25, 0.3) is 0 Å². The van der Waals surface area contributed by atoms with Crippen LogP contribution in [-0.2, 0) is 17.8 Å². The smallest absolute Gasteiger partial charge is 0.340 e. The Balaban J connectivity index is 2.01. The summed E-state index contributed by atoms with van der Waals surface area (Å²) in [6.07, 6.45) is 0. The van der Waals surface area contributed by atoms with Gasteiger partial charge in [-0.2, -0.15) is 0 Å². The third-order valence-corrected chi connectivity index (χ3v) is 4.14. The maximum absolute atomic E-state index is 13.7. The zero-order valence-electron chi connectivity index (χ0n) is 14.6. The molecule has 0 saturated carbocycles. The lowest BCUT2D eigenvalue weighted by Crippen LogP contribution is -2.24. The summed E-state index contributed by atoms with van der Waals surface area (Å²) < 4.78 is 18.6. The molecular formula is C22H20FNO2. The molecule has 4 heteroatoms. The number of rotatable bonds is 6. The van der Waals surface area contributed by atoms with Crippen LogP contribution in [0.1, 0.15) is 21.5 Å². The molecule has 0 heterocycles. The standard InChI is InChI=1S/C22H20FNO2/c1-26-22(25)20-14-19(23)12-13-21(20)24(15-17-8-4-2-5-9-17)16-18-10-6-3-7-11-18/h2-14H,15-16H2,1H3. The van der Waals surface area contributed by atoms with E-state index in [4.69, 9.17) is 4.74 Å². The molecule has 0 N–H and O–H groups in total. The van der Waals surface area contributed by atoms with Crippen molar-refractivity contribution in [3.8, 4) is 0 Å². The molecule has 0 spiro atoms. The Bertz CT molecular complexity index is 824. The van der Waals surface area contributed by atoms with E-state index >= 15 is 0 Å². The first kappa shape index (κ1) is 17.7. The van der Waals surface area contributed by atoms with Crippen molar-refractivity contribution in [3.05, 3.63) is 101 Å². The van der Waals surface area contributed by atoms with Crippen molar-refractivity contribution in [1.29, 1.82) is 0 Å². The van der Waals surface area contributed by atoms with Crippen LogP contribution in [0.15, 0.2) is 78.9 Å². The molecule has 0 aliphatic carbocycles.